The molecule has 1 fully saturated rings. The summed E-state index contributed by atoms with van der Waals surface area (Å²) in [5.74, 6) is -2.65. The normalized spacial score (nSPS) is 13.9. The zero-order valence-corrected chi connectivity index (χ0v) is 20.2. The zero-order chi connectivity index (χ0) is 25.0. The third-order valence-electron chi connectivity index (χ3n) is 5.26. The molecule has 0 saturated heterocycles. The van der Waals surface area contributed by atoms with Gasteiger partial charge in [0.2, 0.25) is 10.0 Å². The highest BCUT2D eigenvalue weighted by molar-refractivity contribution is 7.89. The first-order valence-corrected chi connectivity index (χ1v) is 13.0. The molecule has 1 aliphatic rings. The molecule has 0 spiro atoms. The van der Waals surface area contributed by atoms with Gasteiger partial charge in [-0.05, 0) is 31.9 Å². The lowest BCUT2D eigenvalue weighted by Gasteiger charge is -2.16. The number of aryl methyl sites for hydroxylation is 1. The van der Waals surface area contributed by atoms with Gasteiger partial charge in [-0.3, -0.25) is 19.7 Å². The van der Waals surface area contributed by atoms with Gasteiger partial charge in [0, 0.05) is 11.5 Å². The Labute approximate surface area is 200 Å². The number of urea groups is 1. The van der Waals surface area contributed by atoms with E-state index in [0.29, 0.717) is 28.8 Å². The van der Waals surface area contributed by atoms with Crippen LogP contribution in [0.15, 0.2) is 24.4 Å². The molecule has 11 nitrogen and oxygen atoms in total. The van der Waals surface area contributed by atoms with E-state index in [2.05, 4.69) is 15.6 Å². The highest BCUT2D eigenvalue weighted by atomic mass is 32.2. The monoisotopic (exact) mass is 508 g/mol. The number of hydrogen-bond donors (Lipinski definition) is 3. The van der Waals surface area contributed by atoms with E-state index < -0.39 is 34.5 Å². The van der Waals surface area contributed by atoms with Crippen LogP contribution in [0.1, 0.15) is 51.3 Å². The van der Waals surface area contributed by atoms with Crippen LogP contribution < -0.4 is 10.6 Å². The lowest BCUT2D eigenvalue weighted by molar-refractivity contribution is -0.136. The molecule has 0 radical (unpaired) electrons. The van der Waals surface area contributed by atoms with Gasteiger partial charge in [-0.1, -0.05) is 35.8 Å². The number of carbonyl (C=O) groups excluding carboxylic acids is 3. The van der Waals surface area contributed by atoms with Crippen LogP contribution in [0.3, 0.4) is 0 Å². The molecular weight excluding hydrogens is 484 g/mol. The summed E-state index contributed by atoms with van der Waals surface area (Å²) in [5.41, 5.74) is 1.65. The van der Waals surface area contributed by atoms with Gasteiger partial charge in [-0.15, -0.1) is 0 Å². The number of thiazole rings is 1. The van der Waals surface area contributed by atoms with E-state index in [1.165, 1.54) is 0 Å². The Kier molecular flexibility index (Phi) is 7.67. The molecule has 1 heterocycles. The van der Waals surface area contributed by atoms with E-state index in [-0.39, 0.29) is 26.0 Å². The van der Waals surface area contributed by atoms with Crippen molar-refractivity contribution in [2.45, 2.75) is 32.6 Å². The average molecular weight is 509 g/mol. The van der Waals surface area contributed by atoms with Crippen molar-refractivity contribution in [2.75, 3.05) is 23.4 Å². The van der Waals surface area contributed by atoms with Crippen molar-refractivity contribution in [2.24, 2.45) is 5.92 Å². The van der Waals surface area contributed by atoms with Gasteiger partial charge in [0.15, 0.2) is 10.9 Å². The van der Waals surface area contributed by atoms with Gasteiger partial charge in [-0.2, -0.15) is 0 Å². The summed E-state index contributed by atoms with van der Waals surface area (Å²) in [6, 6.07) is 4.44. The maximum absolute atomic E-state index is 12.9. The minimum Gasteiger partial charge on any atom is -0.480 e. The van der Waals surface area contributed by atoms with E-state index in [0.717, 1.165) is 37.4 Å². The molecule has 0 aliphatic heterocycles. The number of ketones is 1. The summed E-state index contributed by atoms with van der Waals surface area (Å²) in [6.07, 6.45) is 5.40. The molecule has 0 atom stereocenters. The standard InChI is InChI=1S/C21H24N4O7S2/c1-12-7-8-15(14(9-12)18(28)13-5-3-4-6-13)23-20(30)24-21-22-10-16(33-21)19(29)25(11-17(26)27)34(2,31)32/h7-10,13H,3-6,11H2,1-2H3,(H,26,27)(H2,22,23,24,30). The van der Waals surface area contributed by atoms with Crippen LogP contribution in [-0.2, 0) is 14.8 Å². The quantitative estimate of drug-likeness (QED) is 0.458. The highest BCUT2D eigenvalue weighted by Gasteiger charge is 2.29. The first-order chi connectivity index (χ1) is 16.0. The molecule has 1 aromatic carbocycles. The summed E-state index contributed by atoms with van der Waals surface area (Å²) in [7, 11) is -4.14. The fraction of sp³-hybridized carbons (Fsp3) is 0.381. The number of anilines is 2. The van der Waals surface area contributed by atoms with E-state index in [1.807, 2.05) is 6.92 Å². The summed E-state index contributed by atoms with van der Waals surface area (Å²) < 4.78 is 23.8. The predicted molar refractivity (Wildman–Crippen MR) is 126 cm³/mol. The van der Waals surface area contributed by atoms with Gasteiger partial charge < -0.3 is 10.4 Å². The molecular formula is C21H24N4O7S2. The topological polar surface area (TPSA) is 163 Å². The number of carbonyl (C=O) groups is 4. The number of carboxylic acids is 1. The Morgan fingerprint density at radius 2 is 1.85 bits per heavy atom. The van der Waals surface area contributed by atoms with Crippen LogP contribution in [0.5, 0.6) is 0 Å². The second-order valence-electron chi connectivity index (χ2n) is 7.97. The van der Waals surface area contributed by atoms with Gasteiger partial charge in [0.1, 0.15) is 11.4 Å². The molecule has 34 heavy (non-hydrogen) atoms. The van der Waals surface area contributed by atoms with E-state index in [9.17, 15) is 27.6 Å². The third-order valence-corrected chi connectivity index (χ3v) is 7.25. The molecule has 182 valence electrons. The molecule has 2 aromatic rings. The second-order valence-corrected chi connectivity index (χ2v) is 10.9. The fourth-order valence-electron chi connectivity index (χ4n) is 3.65. The van der Waals surface area contributed by atoms with E-state index >= 15 is 0 Å². The maximum atomic E-state index is 12.9. The van der Waals surface area contributed by atoms with Crippen molar-refractivity contribution in [3.05, 3.63) is 40.4 Å². The maximum Gasteiger partial charge on any atom is 0.325 e. The highest BCUT2D eigenvalue weighted by Crippen LogP contribution is 2.31. The number of benzene rings is 1. The molecule has 1 aromatic heterocycles. The summed E-state index contributed by atoms with van der Waals surface area (Å²) in [5, 5.41) is 14.0. The second kappa shape index (κ2) is 10.3. The number of aromatic nitrogens is 1. The molecule has 3 amide bonds. The molecule has 1 aliphatic carbocycles. The SMILES string of the molecule is Cc1ccc(NC(=O)Nc2ncc(C(=O)N(CC(=O)O)S(C)(=O)=O)s2)c(C(=O)C2CCCC2)c1. The minimum absolute atomic E-state index is 0.0135. The number of Topliss-reactive ketones (excluding diaryl/α,β-unsaturated/α-hetero) is 1. The zero-order valence-electron chi connectivity index (χ0n) is 18.5. The number of aliphatic carboxylic acids is 1. The number of rotatable bonds is 8. The van der Waals surface area contributed by atoms with Crippen LogP contribution in [0.25, 0.3) is 0 Å². The van der Waals surface area contributed by atoms with E-state index in [1.54, 1.807) is 18.2 Å². The van der Waals surface area contributed by atoms with Crippen molar-refractivity contribution < 1.29 is 32.7 Å². The molecule has 13 heteroatoms. The van der Waals surface area contributed by atoms with Gasteiger partial charge >= 0.3 is 12.0 Å². The van der Waals surface area contributed by atoms with Crippen molar-refractivity contribution in [1.29, 1.82) is 0 Å². The largest absolute Gasteiger partial charge is 0.480 e. The number of sulfonamides is 1. The summed E-state index contributed by atoms with van der Waals surface area (Å²) in [6.45, 7) is 0.817. The van der Waals surface area contributed by atoms with Crippen molar-refractivity contribution in [1.82, 2.24) is 9.29 Å². The Hall–Kier alpha value is -3.32. The number of carboxylic acid groups (broad SMARTS) is 1. The average Bonchev–Trinajstić information content (AvgIpc) is 3.44. The fourth-order valence-corrected chi connectivity index (χ4v) is 5.21. The predicted octanol–water partition coefficient (Wildman–Crippen LogP) is 2.95. The molecule has 1 saturated carbocycles. The van der Waals surface area contributed by atoms with Crippen LogP contribution in [-0.4, -0.2) is 59.3 Å². The Balaban J connectivity index is 1.73. The van der Waals surface area contributed by atoms with Gasteiger partial charge in [0.25, 0.3) is 5.91 Å². The number of nitrogens with one attached hydrogen (secondary N) is 2. The summed E-state index contributed by atoms with van der Waals surface area (Å²) >= 11 is 0.686. The summed E-state index contributed by atoms with van der Waals surface area (Å²) in [4.78, 5) is 52.6. The van der Waals surface area contributed by atoms with Crippen LogP contribution in [0.4, 0.5) is 15.6 Å². The number of hydrogen-bond acceptors (Lipinski definition) is 8. The van der Waals surface area contributed by atoms with Crippen molar-refractivity contribution >= 4 is 55.9 Å². The lowest BCUT2D eigenvalue weighted by atomic mass is 9.94. The van der Waals surface area contributed by atoms with E-state index in [4.69, 9.17) is 5.11 Å². The van der Waals surface area contributed by atoms with Crippen molar-refractivity contribution in [3.8, 4) is 0 Å². The van der Waals surface area contributed by atoms with Crippen LogP contribution in [0.2, 0.25) is 0 Å². The van der Waals surface area contributed by atoms with Crippen LogP contribution in [0, 0.1) is 12.8 Å². The van der Waals surface area contributed by atoms with Crippen molar-refractivity contribution in [3.63, 3.8) is 0 Å². The third kappa shape index (κ3) is 6.17. The van der Waals surface area contributed by atoms with Gasteiger partial charge in [-0.25, -0.2) is 22.5 Å². The minimum atomic E-state index is -4.14. The first kappa shape index (κ1) is 25.3. The Morgan fingerprint density at radius 1 is 1.18 bits per heavy atom. The molecule has 0 bridgehead atoms. The number of nitrogens with zero attached hydrogens (tertiary/aromatic N) is 2. The Bertz CT molecular complexity index is 1230. The number of amides is 3. The lowest BCUT2D eigenvalue weighted by Crippen LogP contribution is -2.39. The molecule has 0 unspecified atom stereocenters. The first-order valence-electron chi connectivity index (χ1n) is 10.4. The smallest absolute Gasteiger partial charge is 0.325 e. The van der Waals surface area contributed by atoms with Crippen LogP contribution >= 0.6 is 11.3 Å². The van der Waals surface area contributed by atoms with Gasteiger partial charge in [0.05, 0.1) is 18.1 Å². The Morgan fingerprint density at radius 3 is 2.47 bits per heavy atom. The molecule has 3 N–H and O–H groups in total. The molecule has 3 rings (SSSR count).